The van der Waals surface area contributed by atoms with Crippen molar-refractivity contribution in [3.63, 3.8) is 0 Å². The van der Waals surface area contributed by atoms with E-state index in [1.807, 2.05) is 19.9 Å². The Kier molecular flexibility index (Phi) is 6.69. The van der Waals surface area contributed by atoms with Crippen LogP contribution in [0.5, 0.6) is 0 Å². The van der Waals surface area contributed by atoms with Gasteiger partial charge in [-0.15, -0.1) is 0 Å². The van der Waals surface area contributed by atoms with Crippen LogP contribution in [-0.2, 0) is 19.6 Å². The van der Waals surface area contributed by atoms with Crippen LogP contribution in [0.25, 0.3) is 0 Å². The van der Waals surface area contributed by atoms with Crippen molar-refractivity contribution in [2.75, 3.05) is 23.0 Å². The average Bonchev–Trinajstić information content (AvgIpc) is 2.64. The van der Waals surface area contributed by atoms with Gasteiger partial charge in [0.2, 0.25) is 15.9 Å². The molecular weight excluding hydrogens is 392 g/mol. The normalized spacial score (nSPS) is 12.2. The standard InChI is InChI=1S/C21H26N2O5S/c1-13-8-10-18(11-15(13)3)23(29(6,26)27)16(4)20(24)22-19-12-17(21(25)28-5)9-7-14(19)2/h7-12,16H,1-6H3,(H,22,24)/t16-/m1/s1. The fourth-order valence-electron chi connectivity index (χ4n) is 2.91. The van der Waals surface area contributed by atoms with Gasteiger partial charge in [-0.05, 0) is 68.7 Å². The highest BCUT2D eigenvalue weighted by molar-refractivity contribution is 7.92. The van der Waals surface area contributed by atoms with Crippen molar-refractivity contribution in [3.8, 4) is 0 Å². The number of anilines is 2. The predicted octanol–water partition coefficient (Wildman–Crippen LogP) is 3.19. The number of rotatable bonds is 6. The third-order valence-corrected chi connectivity index (χ3v) is 5.99. The lowest BCUT2D eigenvalue weighted by atomic mass is 10.1. The zero-order chi connectivity index (χ0) is 21.9. The number of ether oxygens (including phenoxy) is 1. The second-order valence-corrected chi connectivity index (χ2v) is 8.87. The molecule has 0 saturated heterocycles. The van der Waals surface area contributed by atoms with E-state index in [2.05, 4.69) is 5.32 Å². The van der Waals surface area contributed by atoms with Crippen LogP contribution in [0.2, 0.25) is 0 Å². The molecular formula is C21H26N2O5S. The lowest BCUT2D eigenvalue weighted by molar-refractivity contribution is -0.116. The first-order chi connectivity index (χ1) is 13.5. The molecule has 0 fully saturated rings. The summed E-state index contributed by atoms with van der Waals surface area (Å²) in [6.45, 7) is 7.10. The van der Waals surface area contributed by atoms with E-state index in [1.165, 1.54) is 20.1 Å². The van der Waals surface area contributed by atoms with Gasteiger partial charge in [0.15, 0.2) is 0 Å². The largest absolute Gasteiger partial charge is 0.465 e. The van der Waals surface area contributed by atoms with Crippen LogP contribution in [0, 0.1) is 20.8 Å². The molecule has 7 nitrogen and oxygen atoms in total. The van der Waals surface area contributed by atoms with Crippen molar-refractivity contribution in [1.82, 2.24) is 0 Å². The third-order valence-electron chi connectivity index (χ3n) is 4.75. The zero-order valence-corrected chi connectivity index (χ0v) is 18.3. The lowest BCUT2D eigenvalue weighted by Gasteiger charge is -2.29. The molecule has 0 spiro atoms. The molecule has 0 aromatic heterocycles. The van der Waals surface area contributed by atoms with E-state index in [4.69, 9.17) is 4.74 Å². The molecule has 0 saturated carbocycles. The van der Waals surface area contributed by atoms with Gasteiger partial charge in [0, 0.05) is 5.69 Å². The topological polar surface area (TPSA) is 92.8 Å². The van der Waals surface area contributed by atoms with Gasteiger partial charge in [-0.1, -0.05) is 12.1 Å². The minimum Gasteiger partial charge on any atom is -0.465 e. The molecule has 0 aliphatic carbocycles. The summed E-state index contributed by atoms with van der Waals surface area (Å²) in [7, 11) is -2.45. The summed E-state index contributed by atoms with van der Waals surface area (Å²) in [6.07, 6.45) is 1.06. The maximum absolute atomic E-state index is 12.9. The first kappa shape index (κ1) is 22.4. The molecule has 29 heavy (non-hydrogen) atoms. The Morgan fingerprint density at radius 2 is 1.62 bits per heavy atom. The molecule has 2 aromatic rings. The molecule has 0 radical (unpaired) electrons. The number of amides is 1. The first-order valence-corrected chi connectivity index (χ1v) is 10.9. The fraction of sp³-hybridized carbons (Fsp3) is 0.333. The summed E-state index contributed by atoms with van der Waals surface area (Å²) in [4.78, 5) is 24.7. The summed E-state index contributed by atoms with van der Waals surface area (Å²) in [5, 5.41) is 2.72. The fourth-order valence-corrected chi connectivity index (χ4v) is 4.08. The highest BCUT2D eigenvalue weighted by Gasteiger charge is 2.29. The number of sulfonamides is 1. The molecule has 0 heterocycles. The molecule has 156 valence electrons. The molecule has 1 atom stereocenters. The van der Waals surface area contributed by atoms with Gasteiger partial charge < -0.3 is 10.1 Å². The number of aryl methyl sites for hydroxylation is 3. The number of esters is 1. The minimum absolute atomic E-state index is 0.287. The summed E-state index contributed by atoms with van der Waals surface area (Å²) in [5.41, 5.74) is 3.79. The molecule has 0 aliphatic heterocycles. The van der Waals surface area contributed by atoms with E-state index >= 15 is 0 Å². The second kappa shape index (κ2) is 8.65. The number of nitrogens with zero attached hydrogens (tertiary/aromatic N) is 1. The SMILES string of the molecule is COC(=O)c1ccc(C)c(NC(=O)[C@@H](C)N(c2ccc(C)c(C)c2)S(C)(=O)=O)c1. The van der Waals surface area contributed by atoms with Crippen LogP contribution in [0.3, 0.4) is 0 Å². The molecule has 8 heteroatoms. The maximum Gasteiger partial charge on any atom is 0.337 e. The van der Waals surface area contributed by atoms with Crippen LogP contribution < -0.4 is 9.62 Å². The number of methoxy groups -OCH3 is 1. The van der Waals surface area contributed by atoms with Crippen molar-refractivity contribution in [1.29, 1.82) is 0 Å². The summed E-state index contributed by atoms with van der Waals surface area (Å²) >= 11 is 0. The van der Waals surface area contributed by atoms with E-state index in [-0.39, 0.29) is 5.56 Å². The summed E-state index contributed by atoms with van der Waals surface area (Å²) < 4.78 is 30.7. The Bertz CT molecular complexity index is 1050. The molecule has 0 aliphatic rings. The van der Waals surface area contributed by atoms with Crippen molar-refractivity contribution in [3.05, 3.63) is 58.7 Å². The van der Waals surface area contributed by atoms with Crippen LogP contribution in [-0.4, -0.2) is 39.7 Å². The minimum atomic E-state index is -3.72. The van der Waals surface area contributed by atoms with Gasteiger partial charge in [-0.2, -0.15) is 0 Å². The predicted molar refractivity (Wildman–Crippen MR) is 114 cm³/mol. The third kappa shape index (κ3) is 5.14. The monoisotopic (exact) mass is 418 g/mol. The van der Waals surface area contributed by atoms with Gasteiger partial charge in [0.25, 0.3) is 0 Å². The Labute approximate surface area is 171 Å². The smallest absolute Gasteiger partial charge is 0.337 e. The summed E-state index contributed by atoms with van der Waals surface area (Å²) in [6, 6.07) is 9.01. The Morgan fingerprint density at radius 1 is 1.00 bits per heavy atom. The van der Waals surface area contributed by atoms with E-state index in [9.17, 15) is 18.0 Å². The van der Waals surface area contributed by atoms with Gasteiger partial charge in [-0.25, -0.2) is 13.2 Å². The van der Waals surface area contributed by atoms with E-state index in [0.717, 1.165) is 27.3 Å². The zero-order valence-electron chi connectivity index (χ0n) is 17.4. The van der Waals surface area contributed by atoms with Gasteiger partial charge in [0.1, 0.15) is 6.04 Å². The number of benzene rings is 2. The molecule has 2 rings (SSSR count). The number of hydrogen-bond donors (Lipinski definition) is 1. The second-order valence-electron chi connectivity index (χ2n) is 7.01. The molecule has 0 unspecified atom stereocenters. The van der Waals surface area contributed by atoms with Crippen LogP contribution in [0.4, 0.5) is 11.4 Å². The lowest BCUT2D eigenvalue weighted by Crippen LogP contribution is -2.45. The summed E-state index contributed by atoms with van der Waals surface area (Å²) in [5.74, 6) is -1.04. The van der Waals surface area contributed by atoms with E-state index in [1.54, 1.807) is 31.2 Å². The highest BCUT2D eigenvalue weighted by Crippen LogP contribution is 2.25. The number of carbonyl (C=O) groups is 2. The van der Waals surface area contributed by atoms with E-state index < -0.39 is 27.9 Å². The molecule has 0 bridgehead atoms. The van der Waals surface area contributed by atoms with Gasteiger partial charge in [0.05, 0.1) is 24.6 Å². The number of nitrogens with one attached hydrogen (secondary N) is 1. The quantitative estimate of drug-likeness (QED) is 0.727. The van der Waals surface area contributed by atoms with Gasteiger partial charge >= 0.3 is 5.97 Å². The Morgan fingerprint density at radius 3 is 2.17 bits per heavy atom. The van der Waals surface area contributed by atoms with Gasteiger partial charge in [-0.3, -0.25) is 9.10 Å². The van der Waals surface area contributed by atoms with E-state index in [0.29, 0.717) is 11.4 Å². The molecule has 1 N–H and O–H groups in total. The number of hydrogen-bond acceptors (Lipinski definition) is 5. The maximum atomic E-state index is 12.9. The Balaban J connectivity index is 2.37. The van der Waals surface area contributed by atoms with Crippen LogP contribution in [0.15, 0.2) is 36.4 Å². The van der Waals surface area contributed by atoms with Crippen LogP contribution in [0.1, 0.15) is 34.0 Å². The average molecular weight is 419 g/mol. The number of carbonyl (C=O) groups excluding carboxylic acids is 2. The first-order valence-electron chi connectivity index (χ1n) is 9.02. The Hall–Kier alpha value is -2.87. The molecule has 2 aromatic carbocycles. The highest BCUT2D eigenvalue weighted by atomic mass is 32.2. The van der Waals surface area contributed by atoms with Crippen molar-refractivity contribution >= 4 is 33.3 Å². The van der Waals surface area contributed by atoms with Crippen molar-refractivity contribution in [2.24, 2.45) is 0 Å². The van der Waals surface area contributed by atoms with Crippen molar-refractivity contribution < 1.29 is 22.7 Å². The van der Waals surface area contributed by atoms with Crippen molar-refractivity contribution in [2.45, 2.75) is 33.7 Å². The molecule has 1 amide bonds. The van der Waals surface area contributed by atoms with Crippen LogP contribution >= 0.6 is 0 Å².